The number of halogens is 1. The zero-order chi connectivity index (χ0) is 13.1. The van der Waals surface area contributed by atoms with E-state index in [0.717, 1.165) is 17.3 Å². The van der Waals surface area contributed by atoms with Crippen molar-refractivity contribution in [2.24, 2.45) is 0 Å². The number of anilines is 1. The van der Waals surface area contributed by atoms with Crippen molar-refractivity contribution in [3.05, 3.63) is 28.2 Å². The molecule has 1 aliphatic carbocycles. The molecule has 1 saturated carbocycles. The number of nitrogens with two attached hydrogens (primary N) is 1. The number of rotatable bonds is 2. The van der Waals surface area contributed by atoms with Gasteiger partial charge in [-0.25, -0.2) is 0 Å². The second-order valence-electron chi connectivity index (χ2n) is 4.94. The molecular weight excluding hydrogens is 292 g/mol. The fraction of sp³-hybridized carbons (Fsp3) is 0.500. The van der Waals surface area contributed by atoms with Crippen molar-refractivity contribution < 1.29 is 4.79 Å². The van der Waals surface area contributed by atoms with Crippen LogP contribution in [0.3, 0.4) is 0 Å². The summed E-state index contributed by atoms with van der Waals surface area (Å²) in [6.07, 6.45) is 6.00. The first kappa shape index (κ1) is 13.4. The summed E-state index contributed by atoms with van der Waals surface area (Å²) in [5.41, 5.74) is 7.09. The van der Waals surface area contributed by atoms with Gasteiger partial charge in [0.2, 0.25) is 0 Å². The Labute approximate surface area is 116 Å². The van der Waals surface area contributed by atoms with Crippen LogP contribution < -0.4 is 5.73 Å². The Morgan fingerprint density at radius 2 is 2.00 bits per heavy atom. The minimum Gasteiger partial charge on any atom is -0.398 e. The lowest BCUT2D eigenvalue weighted by molar-refractivity contribution is 0.0696. The van der Waals surface area contributed by atoms with E-state index in [-0.39, 0.29) is 5.91 Å². The van der Waals surface area contributed by atoms with Gasteiger partial charge in [-0.2, -0.15) is 0 Å². The highest BCUT2D eigenvalue weighted by Gasteiger charge is 2.23. The molecule has 1 aliphatic rings. The van der Waals surface area contributed by atoms with Crippen molar-refractivity contribution in [1.29, 1.82) is 0 Å². The molecule has 1 aromatic carbocycles. The molecule has 1 aromatic rings. The van der Waals surface area contributed by atoms with E-state index < -0.39 is 0 Å². The molecule has 18 heavy (non-hydrogen) atoms. The molecule has 0 bridgehead atoms. The quantitative estimate of drug-likeness (QED) is 0.851. The zero-order valence-electron chi connectivity index (χ0n) is 10.7. The minimum absolute atomic E-state index is 0.0857. The third-order valence-electron chi connectivity index (χ3n) is 3.69. The Hall–Kier alpha value is -1.03. The molecule has 2 N–H and O–H groups in total. The highest BCUT2D eigenvalue weighted by Crippen LogP contribution is 2.25. The largest absolute Gasteiger partial charge is 0.398 e. The third-order valence-corrected chi connectivity index (χ3v) is 4.38. The van der Waals surface area contributed by atoms with E-state index in [1.165, 1.54) is 19.3 Å². The second-order valence-corrected chi connectivity index (χ2v) is 5.80. The van der Waals surface area contributed by atoms with Gasteiger partial charge >= 0.3 is 0 Å². The molecule has 0 heterocycles. The summed E-state index contributed by atoms with van der Waals surface area (Å²) in [7, 11) is 1.91. The molecule has 4 heteroatoms. The molecule has 0 saturated heterocycles. The van der Waals surface area contributed by atoms with Crippen LogP contribution in [0, 0.1) is 0 Å². The lowest BCUT2D eigenvalue weighted by Gasteiger charge is -2.31. The monoisotopic (exact) mass is 310 g/mol. The number of hydrogen-bond acceptors (Lipinski definition) is 2. The van der Waals surface area contributed by atoms with Crippen LogP contribution in [0.25, 0.3) is 0 Å². The summed E-state index contributed by atoms with van der Waals surface area (Å²) >= 11 is 3.36. The van der Waals surface area contributed by atoms with Gasteiger partial charge in [0.15, 0.2) is 0 Å². The van der Waals surface area contributed by atoms with Crippen LogP contribution in [0.15, 0.2) is 22.7 Å². The van der Waals surface area contributed by atoms with Crippen molar-refractivity contribution in [3.63, 3.8) is 0 Å². The number of nitrogens with zero attached hydrogens (tertiary/aromatic N) is 1. The molecule has 2 rings (SSSR count). The molecule has 98 valence electrons. The highest BCUT2D eigenvalue weighted by molar-refractivity contribution is 9.10. The molecule has 1 fully saturated rings. The van der Waals surface area contributed by atoms with E-state index in [1.807, 2.05) is 11.9 Å². The third kappa shape index (κ3) is 2.86. The second kappa shape index (κ2) is 5.74. The summed E-state index contributed by atoms with van der Waals surface area (Å²) < 4.78 is 0.783. The van der Waals surface area contributed by atoms with Gasteiger partial charge in [0.25, 0.3) is 5.91 Å². The van der Waals surface area contributed by atoms with Crippen LogP contribution in [0.2, 0.25) is 0 Å². The minimum atomic E-state index is 0.0857. The Balaban J connectivity index is 2.11. The maximum atomic E-state index is 12.4. The fourth-order valence-electron chi connectivity index (χ4n) is 2.50. The van der Waals surface area contributed by atoms with E-state index in [0.29, 0.717) is 17.3 Å². The average molecular weight is 311 g/mol. The molecule has 0 atom stereocenters. The first-order chi connectivity index (χ1) is 8.59. The van der Waals surface area contributed by atoms with Crippen LogP contribution in [-0.4, -0.2) is 23.9 Å². The van der Waals surface area contributed by atoms with Gasteiger partial charge in [-0.05, 0) is 47.0 Å². The maximum absolute atomic E-state index is 12.4. The molecule has 0 unspecified atom stereocenters. The van der Waals surface area contributed by atoms with Gasteiger partial charge in [0, 0.05) is 28.8 Å². The zero-order valence-corrected chi connectivity index (χ0v) is 12.2. The Kier molecular flexibility index (Phi) is 4.27. The lowest BCUT2D eigenvalue weighted by Crippen LogP contribution is -2.38. The number of nitrogen functional groups attached to an aromatic ring is 1. The molecule has 0 aromatic heterocycles. The molecule has 1 amide bonds. The average Bonchev–Trinajstić information content (AvgIpc) is 2.41. The first-order valence-corrected chi connectivity index (χ1v) is 7.21. The standard InChI is InChI=1S/C14H19BrN2O/c1-17(11-5-3-2-4-6-11)14(18)10-7-8-13(16)12(15)9-10/h7-9,11H,2-6,16H2,1H3. The van der Waals surface area contributed by atoms with Gasteiger partial charge in [-0.3, -0.25) is 4.79 Å². The predicted octanol–water partition coefficient (Wildman–Crippen LogP) is 3.44. The SMILES string of the molecule is CN(C(=O)c1ccc(N)c(Br)c1)C1CCCCC1. The van der Waals surface area contributed by atoms with Gasteiger partial charge in [0.05, 0.1) is 0 Å². The Bertz CT molecular complexity index is 441. The van der Waals surface area contributed by atoms with E-state index >= 15 is 0 Å². The van der Waals surface area contributed by atoms with Gasteiger partial charge in [0.1, 0.15) is 0 Å². The maximum Gasteiger partial charge on any atom is 0.253 e. The van der Waals surface area contributed by atoms with E-state index in [1.54, 1.807) is 18.2 Å². The number of carbonyl (C=O) groups is 1. The highest BCUT2D eigenvalue weighted by atomic mass is 79.9. The number of carbonyl (C=O) groups excluding carboxylic acids is 1. The molecule has 0 radical (unpaired) electrons. The topological polar surface area (TPSA) is 46.3 Å². The Morgan fingerprint density at radius 3 is 2.61 bits per heavy atom. The van der Waals surface area contributed by atoms with Crippen molar-refractivity contribution in [2.45, 2.75) is 38.1 Å². The van der Waals surface area contributed by atoms with E-state index in [4.69, 9.17) is 5.73 Å². The molecule has 3 nitrogen and oxygen atoms in total. The molecular formula is C14H19BrN2O. The Morgan fingerprint density at radius 1 is 1.33 bits per heavy atom. The summed E-state index contributed by atoms with van der Waals surface area (Å²) in [6.45, 7) is 0. The predicted molar refractivity (Wildman–Crippen MR) is 77.5 cm³/mol. The smallest absolute Gasteiger partial charge is 0.253 e. The van der Waals surface area contributed by atoms with Crippen molar-refractivity contribution >= 4 is 27.5 Å². The van der Waals surface area contributed by atoms with E-state index in [2.05, 4.69) is 15.9 Å². The first-order valence-electron chi connectivity index (χ1n) is 6.42. The number of benzene rings is 1. The van der Waals surface area contributed by atoms with Crippen molar-refractivity contribution in [3.8, 4) is 0 Å². The van der Waals surface area contributed by atoms with Crippen LogP contribution in [0.4, 0.5) is 5.69 Å². The van der Waals surface area contributed by atoms with E-state index in [9.17, 15) is 4.79 Å². The van der Waals surface area contributed by atoms with Crippen LogP contribution >= 0.6 is 15.9 Å². The molecule has 0 spiro atoms. The molecule has 0 aliphatic heterocycles. The summed E-state index contributed by atoms with van der Waals surface area (Å²) in [5.74, 6) is 0.0857. The lowest BCUT2D eigenvalue weighted by atomic mass is 9.94. The van der Waals surface area contributed by atoms with Crippen LogP contribution in [-0.2, 0) is 0 Å². The summed E-state index contributed by atoms with van der Waals surface area (Å²) in [4.78, 5) is 14.3. The van der Waals surface area contributed by atoms with Crippen molar-refractivity contribution in [1.82, 2.24) is 4.90 Å². The van der Waals surface area contributed by atoms with Crippen LogP contribution in [0.1, 0.15) is 42.5 Å². The summed E-state index contributed by atoms with van der Waals surface area (Å²) in [6, 6.07) is 5.76. The fourth-order valence-corrected chi connectivity index (χ4v) is 2.88. The van der Waals surface area contributed by atoms with Crippen molar-refractivity contribution in [2.75, 3.05) is 12.8 Å². The van der Waals surface area contributed by atoms with Gasteiger partial charge in [-0.15, -0.1) is 0 Å². The number of hydrogen-bond donors (Lipinski definition) is 1. The summed E-state index contributed by atoms with van der Waals surface area (Å²) in [5, 5.41) is 0. The van der Waals surface area contributed by atoms with Gasteiger partial charge in [-0.1, -0.05) is 19.3 Å². The normalized spacial score (nSPS) is 16.6. The van der Waals surface area contributed by atoms with Gasteiger partial charge < -0.3 is 10.6 Å². The van der Waals surface area contributed by atoms with Crippen LogP contribution in [0.5, 0.6) is 0 Å². The number of amides is 1.